The third-order valence-electron chi connectivity index (χ3n) is 11.8. The molecule has 1 aliphatic heterocycles. The molecular weight excluding hydrogens is 965 g/mol. The Bertz CT molecular complexity index is 2570. The summed E-state index contributed by atoms with van der Waals surface area (Å²) in [6, 6.07) is 11.6. The molecular formula is C50H64N10O14. The van der Waals surface area contributed by atoms with Crippen molar-refractivity contribution in [1.82, 2.24) is 45.2 Å². The monoisotopic (exact) mass is 1030 g/mol. The summed E-state index contributed by atoms with van der Waals surface area (Å²) in [5.74, 6) is -0.326. The number of hydrogen-bond donors (Lipinski definition) is 6. The number of piperidine rings is 1. The van der Waals surface area contributed by atoms with Crippen molar-refractivity contribution < 1.29 is 67.7 Å². The third kappa shape index (κ3) is 16.2. The van der Waals surface area contributed by atoms with Gasteiger partial charge in [0.05, 0.1) is 127 Å². The van der Waals surface area contributed by atoms with Gasteiger partial charge in [-0.3, -0.25) is 24.0 Å². The predicted molar refractivity (Wildman–Crippen MR) is 265 cm³/mol. The Hall–Kier alpha value is -7.13. The van der Waals surface area contributed by atoms with Gasteiger partial charge in [-0.15, -0.1) is 11.5 Å². The molecule has 0 atom stereocenters. The zero-order valence-electron chi connectivity index (χ0n) is 41.4. The molecule has 0 bridgehead atoms. The van der Waals surface area contributed by atoms with Gasteiger partial charge in [-0.25, -0.2) is 9.97 Å². The van der Waals surface area contributed by atoms with E-state index in [0.717, 1.165) is 11.1 Å². The molecule has 4 aromatic rings. The molecule has 1 aromatic carbocycles. The molecule has 0 aliphatic carbocycles. The molecule has 24 heteroatoms. The zero-order valence-corrected chi connectivity index (χ0v) is 41.4. The molecule has 1 fully saturated rings. The molecule has 74 heavy (non-hydrogen) atoms. The highest BCUT2D eigenvalue weighted by Crippen LogP contribution is 2.33. The van der Waals surface area contributed by atoms with Crippen molar-refractivity contribution in [1.29, 1.82) is 5.26 Å². The fourth-order valence-electron chi connectivity index (χ4n) is 7.78. The van der Waals surface area contributed by atoms with E-state index in [2.05, 4.69) is 42.7 Å². The molecule has 0 unspecified atom stereocenters. The summed E-state index contributed by atoms with van der Waals surface area (Å²) in [5.41, 5.74) is 1.05. The summed E-state index contributed by atoms with van der Waals surface area (Å²) >= 11 is 0. The lowest BCUT2D eigenvalue weighted by Crippen LogP contribution is -2.60. The largest absolute Gasteiger partial charge is 0.494 e. The van der Waals surface area contributed by atoms with Crippen LogP contribution in [-0.4, -0.2) is 211 Å². The number of hydrogen-bond acceptors (Lipinski definition) is 18. The average Bonchev–Trinajstić information content (AvgIpc) is 4.11. The topological polar surface area (TPSA) is 315 Å². The van der Waals surface area contributed by atoms with Gasteiger partial charge in [0, 0.05) is 45.3 Å². The van der Waals surface area contributed by atoms with Crippen LogP contribution in [0.4, 0.5) is 0 Å². The van der Waals surface area contributed by atoms with Crippen molar-refractivity contribution in [3.8, 4) is 30.0 Å². The van der Waals surface area contributed by atoms with Gasteiger partial charge in [-0.2, -0.15) is 9.94 Å². The van der Waals surface area contributed by atoms with Gasteiger partial charge in [0.25, 0.3) is 17.6 Å². The number of nitrogens with one attached hydrogen (secondary N) is 3. The van der Waals surface area contributed by atoms with E-state index >= 15 is 0 Å². The van der Waals surface area contributed by atoms with E-state index in [1.807, 2.05) is 30.3 Å². The molecule has 5 rings (SSSR count). The van der Waals surface area contributed by atoms with Crippen LogP contribution in [0.25, 0.3) is 22.3 Å². The number of aliphatic hydroxyl groups excluding tert-OH is 3. The lowest BCUT2D eigenvalue weighted by atomic mass is 9.93. The number of benzene rings is 1. The lowest BCUT2D eigenvalue weighted by molar-refractivity contribution is -0.147. The SMILES string of the molecule is C#CCOCCOCCOCCOCCC(=O)N(CCCNC(=O)CCOCCNC(=O)c1ncn(-c2ncc(OC)c3c(C(=O)C(=O)N4CCC(=C(C#N)c5ccccc5)CC4)c[nH]c23)n1)C(CO)(CO)CO. The van der Waals surface area contributed by atoms with E-state index in [0.29, 0.717) is 50.4 Å². The minimum atomic E-state index is -1.62. The van der Waals surface area contributed by atoms with Crippen LogP contribution in [0.5, 0.6) is 5.75 Å². The number of ether oxygens (including phenoxy) is 6. The fraction of sp³-hybridized carbons (Fsp3) is 0.500. The second-order valence-corrected chi connectivity index (χ2v) is 16.6. The fourth-order valence-corrected chi connectivity index (χ4v) is 7.78. The van der Waals surface area contributed by atoms with Crippen molar-refractivity contribution in [2.45, 2.75) is 37.6 Å². The Morgan fingerprint density at radius 3 is 2.15 bits per heavy atom. The second-order valence-electron chi connectivity index (χ2n) is 16.6. The maximum atomic E-state index is 13.7. The maximum Gasteiger partial charge on any atom is 0.295 e. The Morgan fingerprint density at radius 2 is 1.50 bits per heavy atom. The number of aromatic amines is 1. The van der Waals surface area contributed by atoms with Crippen LogP contribution in [-0.2, 0) is 38.1 Å². The Kier molecular flexibility index (Phi) is 24.0. The van der Waals surface area contributed by atoms with E-state index < -0.39 is 48.9 Å². The van der Waals surface area contributed by atoms with Gasteiger partial charge in [0.2, 0.25) is 17.6 Å². The van der Waals surface area contributed by atoms with Gasteiger partial charge >= 0.3 is 0 Å². The summed E-state index contributed by atoms with van der Waals surface area (Å²) in [6.45, 7) is 0.969. The van der Waals surface area contributed by atoms with Gasteiger partial charge in [0.1, 0.15) is 24.2 Å². The minimum Gasteiger partial charge on any atom is -0.494 e. The Balaban J connectivity index is 1.01. The van der Waals surface area contributed by atoms with Crippen LogP contribution in [0.3, 0.4) is 0 Å². The number of carbonyl (C=O) groups is 5. The van der Waals surface area contributed by atoms with Crippen molar-refractivity contribution in [2.24, 2.45) is 0 Å². The number of nitrogens with zero attached hydrogens (tertiary/aromatic N) is 7. The first-order valence-electron chi connectivity index (χ1n) is 24.0. The molecule has 398 valence electrons. The summed E-state index contributed by atoms with van der Waals surface area (Å²) < 4.78 is 33.7. The summed E-state index contributed by atoms with van der Waals surface area (Å²) in [5, 5.41) is 49.9. The van der Waals surface area contributed by atoms with Crippen molar-refractivity contribution in [3.05, 3.63) is 71.6 Å². The highest BCUT2D eigenvalue weighted by atomic mass is 16.6. The molecule has 3 aromatic heterocycles. The van der Waals surface area contributed by atoms with E-state index in [4.69, 9.17) is 34.8 Å². The van der Waals surface area contributed by atoms with Crippen LogP contribution in [0.15, 0.2) is 54.6 Å². The Morgan fingerprint density at radius 1 is 0.851 bits per heavy atom. The van der Waals surface area contributed by atoms with Crippen LogP contribution in [0.1, 0.15) is 58.6 Å². The number of nitriles is 1. The molecule has 1 saturated heterocycles. The number of fused-ring (bicyclic) bond motifs is 1. The number of allylic oxidation sites excluding steroid dienone is 1. The number of carbonyl (C=O) groups excluding carboxylic acids is 5. The first kappa shape index (κ1) is 57.8. The number of terminal acetylenes is 1. The molecule has 0 saturated carbocycles. The van der Waals surface area contributed by atoms with Gasteiger partial charge in [-0.05, 0) is 30.4 Å². The quantitative estimate of drug-likeness (QED) is 0.0122. The first-order chi connectivity index (χ1) is 36.1. The number of ketones is 1. The smallest absolute Gasteiger partial charge is 0.295 e. The number of Topliss-reactive ketones (excluding diaryl/α,β-unsaturated/α-hetero) is 1. The van der Waals surface area contributed by atoms with Crippen molar-refractivity contribution in [3.63, 3.8) is 0 Å². The third-order valence-corrected chi connectivity index (χ3v) is 11.8. The molecule has 6 N–H and O–H groups in total. The number of aliphatic hydroxyl groups is 3. The van der Waals surface area contributed by atoms with Crippen LogP contribution in [0.2, 0.25) is 0 Å². The number of amides is 4. The van der Waals surface area contributed by atoms with Gasteiger partial charge in [0.15, 0.2) is 5.82 Å². The zero-order chi connectivity index (χ0) is 53.1. The number of H-pyrrole nitrogens is 1. The van der Waals surface area contributed by atoms with Gasteiger partial charge in [-0.1, -0.05) is 36.3 Å². The second kappa shape index (κ2) is 30.8. The Labute approximate surface area is 427 Å². The van der Waals surface area contributed by atoms with E-state index in [9.17, 15) is 44.6 Å². The number of aromatic nitrogens is 5. The molecule has 4 heterocycles. The highest BCUT2D eigenvalue weighted by molar-refractivity contribution is 6.45. The first-order valence-corrected chi connectivity index (χ1v) is 24.0. The lowest BCUT2D eigenvalue weighted by Gasteiger charge is -2.40. The van der Waals surface area contributed by atoms with Gasteiger partial charge < -0.3 is 69.2 Å². The summed E-state index contributed by atoms with van der Waals surface area (Å²) in [4.78, 5) is 80.2. The van der Waals surface area contributed by atoms with Crippen molar-refractivity contribution in [2.75, 3.05) is 126 Å². The molecule has 24 nitrogen and oxygen atoms in total. The van der Waals surface area contributed by atoms with Crippen molar-refractivity contribution >= 4 is 45.9 Å². The van der Waals surface area contributed by atoms with E-state index in [1.165, 1.54) is 40.3 Å². The summed E-state index contributed by atoms with van der Waals surface area (Å²) in [6.07, 6.45) is 10.2. The predicted octanol–water partition coefficient (Wildman–Crippen LogP) is 0.211. The number of methoxy groups -OCH3 is 1. The number of likely N-dealkylation sites (tertiary alicyclic amines) is 1. The van der Waals surface area contributed by atoms with Crippen LogP contribution < -0.4 is 15.4 Å². The number of pyridine rings is 1. The van der Waals surface area contributed by atoms with Crippen LogP contribution >= 0.6 is 0 Å². The molecule has 1 aliphatic rings. The van der Waals surface area contributed by atoms with Crippen LogP contribution in [0, 0.1) is 23.7 Å². The standard InChI is InChI=1S/C50H64N10O14/c1-3-19-70-23-25-73-27-28-74-26-24-72-21-13-42(65)59(50(32-61,33-62)34-63)16-7-14-52-41(64)12-20-71-22-15-53-48(67)46-56-35-60(57-46)47-44-43(40(69-2)31-55-47)39(30-54-44)45(66)49(68)58-17-10-37(11-18-58)38(29-51)36-8-5-4-6-9-36/h1,4-6,8-9,30-31,35,54,61-63H,7,10-28,32-34H2,2H3,(H,52,64)(H,53,67). The summed E-state index contributed by atoms with van der Waals surface area (Å²) in [7, 11) is 1.41. The normalized spacial score (nSPS) is 12.5. The van der Waals surface area contributed by atoms with E-state index in [-0.39, 0.29) is 126 Å². The highest BCUT2D eigenvalue weighted by Gasteiger charge is 2.38. The van der Waals surface area contributed by atoms with E-state index in [1.54, 1.807) is 0 Å². The molecule has 4 amide bonds. The minimum absolute atomic E-state index is 0.00780. The number of rotatable bonds is 33. The average molecular weight is 1030 g/mol. The maximum absolute atomic E-state index is 13.7. The molecule has 0 spiro atoms. The molecule has 0 radical (unpaired) electrons.